The summed E-state index contributed by atoms with van der Waals surface area (Å²) in [6, 6.07) is 4.44. The van der Waals surface area contributed by atoms with E-state index in [1.54, 1.807) is 0 Å². The van der Waals surface area contributed by atoms with Crippen molar-refractivity contribution in [3.8, 4) is 0 Å². The Morgan fingerprint density at radius 3 is 2.57 bits per heavy atom. The van der Waals surface area contributed by atoms with Gasteiger partial charge in [0, 0.05) is 5.92 Å². The first-order chi connectivity index (χ1) is 10.9. The Labute approximate surface area is 136 Å². The van der Waals surface area contributed by atoms with Crippen LogP contribution < -0.4 is 4.72 Å². The molecule has 6 nitrogen and oxygen atoms in total. The maximum absolute atomic E-state index is 12.9. The van der Waals surface area contributed by atoms with Crippen molar-refractivity contribution in [2.45, 2.75) is 23.7 Å². The van der Waals surface area contributed by atoms with Crippen molar-refractivity contribution >= 4 is 32.5 Å². The van der Waals surface area contributed by atoms with Gasteiger partial charge in [0.1, 0.15) is 10.7 Å². The number of hydrogen-bond donors (Lipinski definition) is 1. The standard InChI is InChI=1S/C14H13FN2O4S2/c1-21-13(18)12-11(8-2-3-8)16-14(22-12)17-23(19,20)10-6-4-9(15)5-7-10/h4-8H,2-3H2,1H3,(H,16,17). The summed E-state index contributed by atoms with van der Waals surface area (Å²) in [7, 11) is -2.63. The van der Waals surface area contributed by atoms with Gasteiger partial charge >= 0.3 is 5.97 Å². The van der Waals surface area contributed by atoms with Crippen molar-refractivity contribution in [2.75, 3.05) is 11.8 Å². The first-order valence-corrected chi connectivity index (χ1v) is 9.08. The molecule has 0 atom stereocenters. The number of rotatable bonds is 5. The molecule has 0 aliphatic heterocycles. The number of ether oxygens (including phenoxy) is 1. The molecule has 1 fully saturated rings. The van der Waals surface area contributed by atoms with Crippen LogP contribution in [0.2, 0.25) is 0 Å². The zero-order valence-corrected chi connectivity index (χ0v) is 13.7. The van der Waals surface area contributed by atoms with Gasteiger partial charge in [-0.25, -0.2) is 22.6 Å². The normalized spacial score (nSPS) is 14.5. The van der Waals surface area contributed by atoms with Crippen molar-refractivity contribution in [2.24, 2.45) is 0 Å². The molecule has 1 aliphatic rings. The number of aromatic nitrogens is 1. The third-order valence-corrected chi connectivity index (χ3v) is 5.78. The Bertz CT molecular complexity index is 842. The summed E-state index contributed by atoms with van der Waals surface area (Å²) in [5, 5.41) is 0.0941. The van der Waals surface area contributed by atoms with Gasteiger partial charge in [0.05, 0.1) is 17.7 Å². The van der Waals surface area contributed by atoms with E-state index in [0.29, 0.717) is 10.6 Å². The first kappa shape index (κ1) is 15.9. The van der Waals surface area contributed by atoms with Gasteiger partial charge < -0.3 is 4.74 Å². The third-order valence-electron chi connectivity index (χ3n) is 3.33. The molecule has 1 N–H and O–H groups in total. The highest BCUT2D eigenvalue weighted by atomic mass is 32.2. The minimum Gasteiger partial charge on any atom is -0.465 e. The smallest absolute Gasteiger partial charge is 0.350 e. The van der Waals surface area contributed by atoms with Crippen LogP contribution in [0.5, 0.6) is 0 Å². The highest BCUT2D eigenvalue weighted by Gasteiger charge is 2.33. The number of benzene rings is 1. The van der Waals surface area contributed by atoms with Gasteiger partial charge in [-0.1, -0.05) is 11.3 Å². The number of carbonyl (C=O) groups excluding carboxylic acids is 1. The van der Waals surface area contributed by atoms with Gasteiger partial charge in [-0.15, -0.1) is 0 Å². The molecule has 1 aliphatic carbocycles. The van der Waals surface area contributed by atoms with Gasteiger partial charge in [0.2, 0.25) is 0 Å². The molecular weight excluding hydrogens is 343 g/mol. The number of esters is 1. The van der Waals surface area contributed by atoms with E-state index in [2.05, 4.69) is 9.71 Å². The fourth-order valence-electron chi connectivity index (χ4n) is 2.04. The van der Waals surface area contributed by atoms with Gasteiger partial charge in [0.15, 0.2) is 5.13 Å². The fraction of sp³-hybridized carbons (Fsp3) is 0.286. The quantitative estimate of drug-likeness (QED) is 0.833. The van der Waals surface area contributed by atoms with E-state index in [0.717, 1.165) is 48.4 Å². The van der Waals surface area contributed by atoms with Crippen LogP contribution in [0.25, 0.3) is 0 Å². The predicted molar refractivity (Wildman–Crippen MR) is 82.6 cm³/mol. The summed E-state index contributed by atoms with van der Waals surface area (Å²) in [5.41, 5.74) is 0.568. The summed E-state index contributed by atoms with van der Waals surface area (Å²) < 4.78 is 44.5. The number of methoxy groups -OCH3 is 1. The zero-order valence-electron chi connectivity index (χ0n) is 12.1. The maximum Gasteiger partial charge on any atom is 0.350 e. The largest absolute Gasteiger partial charge is 0.465 e. The van der Waals surface area contributed by atoms with Crippen LogP contribution in [0.4, 0.5) is 9.52 Å². The minimum absolute atomic E-state index is 0.0818. The molecule has 1 aromatic heterocycles. The molecule has 0 spiro atoms. The van der Waals surface area contributed by atoms with Crippen molar-refractivity contribution in [3.63, 3.8) is 0 Å². The predicted octanol–water partition coefficient (Wildman–Crippen LogP) is 2.75. The number of anilines is 1. The monoisotopic (exact) mass is 356 g/mol. The molecule has 0 bridgehead atoms. The number of hydrogen-bond acceptors (Lipinski definition) is 6. The van der Waals surface area contributed by atoms with E-state index in [1.165, 1.54) is 7.11 Å². The Morgan fingerprint density at radius 2 is 2.00 bits per heavy atom. The van der Waals surface area contributed by atoms with Gasteiger partial charge in [0.25, 0.3) is 10.0 Å². The highest BCUT2D eigenvalue weighted by Crippen LogP contribution is 2.44. The van der Waals surface area contributed by atoms with Crippen molar-refractivity contribution < 1.29 is 22.3 Å². The summed E-state index contributed by atoms with van der Waals surface area (Å²) >= 11 is 0.935. The van der Waals surface area contributed by atoms with E-state index in [1.807, 2.05) is 0 Å². The van der Waals surface area contributed by atoms with Crippen LogP contribution in [-0.4, -0.2) is 26.5 Å². The second-order valence-electron chi connectivity index (χ2n) is 5.06. The molecule has 122 valence electrons. The maximum atomic E-state index is 12.9. The topological polar surface area (TPSA) is 85.4 Å². The molecule has 2 aromatic rings. The van der Waals surface area contributed by atoms with Crippen LogP contribution in [0.15, 0.2) is 29.2 Å². The number of nitrogens with one attached hydrogen (secondary N) is 1. The number of carbonyl (C=O) groups is 1. The highest BCUT2D eigenvalue weighted by molar-refractivity contribution is 7.93. The van der Waals surface area contributed by atoms with E-state index in [9.17, 15) is 17.6 Å². The molecule has 1 heterocycles. The second-order valence-corrected chi connectivity index (χ2v) is 7.74. The second kappa shape index (κ2) is 5.89. The Kier molecular flexibility index (Phi) is 4.07. The lowest BCUT2D eigenvalue weighted by Crippen LogP contribution is -2.12. The molecular formula is C14H13FN2O4S2. The molecule has 1 aromatic carbocycles. The summed E-state index contributed by atoms with van der Waals surface area (Å²) in [4.78, 5) is 16.2. The lowest BCUT2D eigenvalue weighted by atomic mass is 10.2. The molecule has 0 saturated heterocycles. The molecule has 9 heteroatoms. The Balaban J connectivity index is 1.90. The number of nitrogens with zero attached hydrogens (tertiary/aromatic N) is 1. The van der Waals surface area contributed by atoms with Crippen molar-refractivity contribution in [1.82, 2.24) is 4.98 Å². The van der Waals surface area contributed by atoms with Crippen LogP contribution in [0.1, 0.15) is 34.1 Å². The molecule has 0 amide bonds. The molecule has 0 unspecified atom stereocenters. The zero-order chi connectivity index (χ0) is 16.6. The lowest BCUT2D eigenvalue weighted by molar-refractivity contribution is 0.0604. The molecule has 1 saturated carbocycles. The van der Waals surface area contributed by atoms with Gasteiger partial charge in [-0.2, -0.15) is 0 Å². The fourth-order valence-corrected chi connectivity index (χ4v) is 4.24. The van der Waals surface area contributed by atoms with Crippen LogP contribution in [0.3, 0.4) is 0 Å². The average Bonchev–Trinajstić information content (AvgIpc) is 3.28. The summed E-state index contributed by atoms with van der Waals surface area (Å²) in [6.45, 7) is 0. The van der Waals surface area contributed by atoms with Crippen LogP contribution >= 0.6 is 11.3 Å². The Hall–Kier alpha value is -2.00. The SMILES string of the molecule is COC(=O)c1sc(NS(=O)(=O)c2ccc(F)cc2)nc1C1CC1. The summed E-state index contributed by atoms with van der Waals surface area (Å²) in [5.74, 6) is -0.886. The molecule has 3 rings (SSSR count). The first-order valence-electron chi connectivity index (χ1n) is 6.78. The molecule has 0 radical (unpaired) electrons. The lowest BCUT2D eigenvalue weighted by Gasteiger charge is -2.04. The van der Waals surface area contributed by atoms with E-state index in [-0.39, 0.29) is 15.9 Å². The van der Waals surface area contributed by atoms with Crippen molar-refractivity contribution in [1.29, 1.82) is 0 Å². The van der Waals surface area contributed by atoms with E-state index in [4.69, 9.17) is 4.74 Å². The van der Waals surface area contributed by atoms with Crippen LogP contribution in [-0.2, 0) is 14.8 Å². The van der Waals surface area contributed by atoms with E-state index >= 15 is 0 Å². The van der Waals surface area contributed by atoms with Gasteiger partial charge in [-0.05, 0) is 37.1 Å². The molecule has 23 heavy (non-hydrogen) atoms. The number of sulfonamides is 1. The minimum atomic E-state index is -3.89. The van der Waals surface area contributed by atoms with Crippen molar-refractivity contribution in [3.05, 3.63) is 40.7 Å². The Morgan fingerprint density at radius 1 is 1.35 bits per heavy atom. The average molecular weight is 356 g/mol. The number of thiazole rings is 1. The third kappa shape index (κ3) is 3.35. The van der Waals surface area contributed by atoms with Gasteiger partial charge in [-0.3, -0.25) is 4.72 Å². The van der Waals surface area contributed by atoms with Crippen LogP contribution in [0, 0.1) is 5.82 Å². The number of halogens is 1. The summed E-state index contributed by atoms with van der Waals surface area (Å²) in [6.07, 6.45) is 1.83. The van der Waals surface area contributed by atoms with E-state index < -0.39 is 21.8 Å².